The fourth-order valence-electron chi connectivity index (χ4n) is 1.68. The first-order chi connectivity index (χ1) is 9.62. The maximum Gasteiger partial charge on any atom is 0.252 e. The molecule has 1 atom stereocenters. The summed E-state index contributed by atoms with van der Waals surface area (Å²) in [4.78, 5) is 12.2. The molecular weight excluding hydrogens is 261 g/mol. The van der Waals surface area contributed by atoms with Crippen molar-refractivity contribution in [1.29, 1.82) is 0 Å². The summed E-state index contributed by atoms with van der Waals surface area (Å²) in [6.45, 7) is 1.99. The van der Waals surface area contributed by atoms with E-state index in [9.17, 15) is 9.18 Å². The third-order valence-corrected chi connectivity index (χ3v) is 2.72. The molecule has 0 aromatic heterocycles. The van der Waals surface area contributed by atoms with Crippen LogP contribution in [0.25, 0.3) is 0 Å². The van der Waals surface area contributed by atoms with E-state index in [1.54, 1.807) is 7.11 Å². The molecule has 0 heterocycles. The Balaban J connectivity index is 2.97. The number of aliphatic hydroxyl groups excluding tert-OH is 1. The number of hydrogen-bond donors (Lipinski definition) is 2. The van der Waals surface area contributed by atoms with E-state index in [-0.39, 0.29) is 29.7 Å². The van der Waals surface area contributed by atoms with Gasteiger partial charge in [0.2, 0.25) is 0 Å². The summed E-state index contributed by atoms with van der Waals surface area (Å²) >= 11 is 0. The van der Waals surface area contributed by atoms with Gasteiger partial charge in [0.25, 0.3) is 5.91 Å². The number of methoxy groups -OCH3 is 1. The minimum atomic E-state index is -0.479. The SMILES string of the molecule is CCC(COC)NC(=O)c1ccc(F)cc1C#CCO. The fourth-order valence-corrected chi connectivity index (χ4v) is 1.68. The summed E-state index contributed by atoms with van der Waals surface area (Å²) in [5.41, 5.74) is 0.533. The van der Waals surface area contributed by atoms with E-state index >= 15 is 0 Å². The Morgan fingerprint density at radius 2 is 2.30 bits per heavy atom. The molecule has 0 radical (unpaired) electrons. The molecule has 0 saturated carbocycles. The molecule has 0 aliphatic heterocycles. The number of nitrogens with one attached hydrogen (secondary N) is 1. The van der Waals surface area contributed by atoms with Crippen LogP contribution in [0.5, 0.6) is 0 Å². The summed E-state index contributed by atoms with van der Waals surface area (Å²) < 4.78 is 18.2. The van der Waals surface area contributed by atoms with E-state index in [2.05, 4.69) is 17.2 Å². The second-order valence-electron chi connectivity index (χ2n) is 4.18. The Labute approximate surface area is 117 Å². The lowest BCUT2D eigenvalue weighted by Crippen LogP contribution is -2.37. The van der Waals surface area contributed by atoms with Gasteiger partial charge in [-0.2, -0.15) is 0 Å². The molecule has 4 nitrogen and oxygen atoms in total. The summed E-state index contributed by atoms with van der Waals surface area (Å²) in [5.74, 6) is 4.17. The summed E-state index contributed by atoms with van der Waals surface area (Å²) in [6, 6.07) is 3.65. The van der Waals surface area contributed by atoms with Gasteiger partial charge < -0.3 is 15.2 Å². The molecule has 0 saturated heterocycles. The quantitative estimate of drug-likeness (QED) is 0.799. The number of hydrogen-bond acceptors (Lipinski definition) is 3. The smallest absolute Gasteiger partial charge is 0.252 e. The van der Waals surface area contributed by atoms with Crippen LogP contribution in [0.4, 0.5) is 4.39 Å². The molecule has 0 aliphatic rings. The molecule has 2 N–H and O–H groups in total. The normalized spacial score (nSPS) is 11.4. The average molecular weight is 279 g/mol. The minimum absolute atomic E-state index is 0.115. The number of carbonyl (C=O) groups excluding carboxylic acids is 1. The van der Waals surface area contributed by atoms with Crippen molar-refractivity contribution in [2.75, 3.05) is 20.3 Å². The van der Waals surface area contributed by atoms with E-state index in [0.717, 1.165) is 6.42 Å². The predicted molar refractivity (Wildman–Crippen MR) is 73.8 cm³/mol. The third kappa shape index (κ3) is 4.65. The van der Waals surface area contributed by atoms with E-state index < -0.39 is 5.82 Å². The summed E-state index contributed by atoms with van der Waals surface area (Å²) in [6.07, 6.45) is 0.721. The number of aliphatic hydroxyl groups is 1. The molecule has 108 valence electrons. The molecule has 1 aromatic rings. The summed E-state index contributed by atoms with van der Waals surface area (Å²) in [7, 11) is 1.56. The molecule has 0 spiro atoms. The number of benzene rings is 1. The van der Waals surface area contributed by atoms with Crippen LogP contribution in [0, 0.1) is 17.7 Å². The van der Waals surface area contributed by atoms with Crippen LogP contribution >= 0.6 is 0 Å². The van der Waals surface area contributed by atoms with Crippen molar-refractivity contribution in [2.45, 2.75) is 19.4 Å². The molecule has 0 fully saturated rings. The molecule has 1 rings (SSSR count). The van der Waals surface area contributed by atoms with Gasteiger partial charge in [0, 0.05) is 12.7 Å². The Morgan fingerprint density at radius 1 is 1.55 bits per heavy atom. The molecule has 0 aliphatic carbocycles. The standard InChI is InChI=1S/C15H18FNO3/c1-3-13(10-20-2)17-15(19)14-7-6-12(16)9-11(14)5-4-8-18/h6-7,9,13,18H,3,8,10H2,1-2H3,(H,17,19). The molecule has 1 aromatic carbocycles. The van der Waals surface area contributed by atoms with Crippen LogP contribution in [0.2, 0.25) is 0 Å². The van der Waals surface area contributed by atoms with Crippen LogP contribution in [0.1, 0.15) is 29.3 Å². The van der Waals surface area contributed by atoms with Gasteiger partial charge in [0.15, 0.2) is 0 Å². The monoisotopic (exact) mass is 279 g/mol. The van der Waals surface area contributed by atoms with E-state index in [0.29, 0.717) is 6.61 Å². The zero-order valence-corrected chi connectivity index (χ0v) is 11.6. The van der Waals surface area contributed by atoms with Crippen LogP contribution in [0.3, 0.4) is 0 Å². The second-order valence-corrected chi connectivity index (χ2v) is 4.18. The van der Waals surface area contributed by atoms with Gasteiger partial charge in [-0.25, -0.2) is 4.39 Å². The van der Waals surface area contributed by atoms with E-state index in [4.69, 9.17) is 9.84 Å². The zero-order valence-electron chi connectivity index (χ0n) is 11.6. The van der Waals surface area contributed by atoms with Gasteiger partial charge in [0.05, 0.1) is 18.2 Å². The number of carbonyl (C=O) groups is 1. The molecule has 20 heavy (non-hydrogen) atoms. The summed E-state index contributed by atoms with van der Waals surface area (Å²) in [5, 5.41) is 11.5. The fraction of sp³-hybridized carbons (Fsp3) is 0.400. The van der Waals surface area contributed by atoms with Gasteiger partial charge in [-0.05, 0) is 24.6 Å². The van der Waals surface area contributed by atoms with Crippen molar-refractivity contribution in [3.63, 3.8) is 0 Å². The van der Waals surface area contributed by atoms with Crippen LogP contribution in [-0.2, 0) is 4.74 Å². The molecule has 0 bridgehead atoms. The Hall–Kier alpha value is -1.90. The lowest BCUT2D eigenvalue weighted by Gasteiger charge is -2.16. The van der Waals surface area contributed by atoms with Crippen molar-refractivity contribution in [3.8, 4) is 11.8 Å². The number of amides is 1. The molecule has 1 unspecified atom stereocenters. The topological polar surface area (TPSA) is 58.6 Å². The Kier molecular flexibility index (Phi) is 6.71. The second kappa shape index (κ2) is 8.31. The first-order valence-electron chi connectivity index (χ1n) is 6.31. The zero-order chi connectivity index (χ0) is 15.0. The Morgan fingerprint density at radius 3 is 2.90 bits per heavy atom. The van der Waals surface area contributed by atoms with Gasteiger partial charge in [-0.1, -0.05) is 18.8 Å². The van der Waals surface area contributed by atoms with Crippen LogP contribution in [0.15, 0.2) is 18.2 Å². The highest BCUT2D eigenvalue weighted by atomic mass is 19.1. The first-order valence-corrected chi connectivity index (χ1v) is 6.31. The van der Waals surface area contributed by atoms with Crippen molar-refractivity contribution in [3.05, 3.63) is 35.1 Å². The van der Waals surface area contributed by atoms with Crippen LogP contribution < -0.4 is 5.32 Å². The van der Waals surface area contributed by atoms with Crippen molar-refractivity contribution < 1.29 is 19.0 Å². The van der Waals surface area contributed by atoms with Crippen molar-refractivity contribution >= 4 is 5.91 Å². The Bertz CT molecular complexity index is 520. The lowest BCUT2D eigenvalue weighted by molar-refractivity contribution is 0.0894. The predicted octanol–water partition coefficient (Wildman–Crippen LogP) is 1.32. The average Bonchev–Trinajstić information content (AvgIpc) is 2.44. The van der Waals surface area contributed by atoms with Gasteiger partial charge in [-0.15, -0.1) is 0 Å². The first kappa shape index (κ1) is 16.2. The molecule has 5 heteroatoms. The molecular formula is C15H18FNO3. The maximum absolute atomic E-state index is 13.2. The number of rotatable bonds is 5. The van der Waals surface area contributed by atoms with Gasteiger partial charge >= 0.3 is 0 Å². The van der Waals surface area contributed by atoms with E-state index in [1.165, 1.54) is 18.2 Å². The van der Waals surface area contributed by atoms with Crippen LogP contribution in [-0.4, -0.2) is 37.4 Å². The molecule has 1 amide bonds. The number of halogens is 1. The highest BCUT2D eigenvalue weighted by molar-refractivity contribution is 5.96. The van der Waals surface area contributed by atoms with Gasteiger partial charge in [-0.3, -0.25) is 4.79 Å². The minimum Gasteiger partial charge on any atom is -0.384 e. The van der Waals surface area contributed by atoms with Crippen molar-refractivity contribution in [1.82, 2.24) is 5.32 Å². The largest absolute Gasteiger partial charge is 0.384 e. The van der Waals surface area contributed by atoms with Crippen molar-refractivity contribution in [2.24, 2.45) is 0 Å². The third-order valence-electron chi connectivity index (χ3n) is 2.72. The maximum atomic E-state index is 13.2. The highest BCUT2D eigenvalue weighted by Gasteiger charge is 2.15. The van der Waals surface area contributed by atoms with Gasteiger partial charge in [0.1, 0.15) is 12.4 Å². The number of ether oxygens (including phenoxy) is 1. The van der Waals surface area contributed by atoms with E-state index in [1.807, 2.05) is 6.92 Å². The lowest BCUT2D eigenvalue weighted by atomic mass is 10.1. The highest BCUT2D eigenvalue weighted by Crippen LogP contribution is 2.11.